The molecule has 5 nitrogen and oxygen atoms in total. The molecule has 2 fully saturated rings. The molecule has 1 saturated heterocycles. The van der Waals surface area contributed by atoms with Crippen LogP contribution in [0.1, 0.15) is 36.5 Å². The molecule has 5 heteroatoms. The highest BCUT2D eigenvalue weighted by Crippen LogP contribution is 2.47. The molecule has 2 aromatic carbocycles. The highest BCUT2D eigenvalue weighted by Gasteiger charge is 2.51. The second kappa shape index (κ2) is 8.95. The second-order valence-electron chi connectivity index (χ2n) is 9.55. The van der Waals surface area contributed by atoms with Gasteiger partial charge in [0, 0.05) is 39.4 Å². The molecule has 2 aromatic rings. The molecule has 1 spiro atoms. The minimum atomic E-state index is 0.548. The largest absolute Gasteiger partial charge is 0.305 e. The lowest BCUT2D eigenvalue weighted by atomic mass is 9.61. The summed E-state index contributed by atoms with van der Waals surface area (Å²) in [6.07, 6.45) is 5.45. The summed E-state index contributed by atoms with van der Waals surface area (Å²) < 4.78 is 0. The van der Waals surface area contributed by atoms with E-state index in [1.54, 1.807) is 0 Å². The SMILES string of the molecule is C/C(=C\N(C)N(C)NC1CC2(C1)CN(C)C2)C(=N)c1ccc(Cc2ccccc2)cc1. The molecule has 0 amide bonds. The van der Waals surface area contributed by atoms with Crippen LogP contribution in [-0.4, -0.2) is 61.0 Å². The van der Waals surface area contributed by atoms with Gasteiger partial charge in [0.2, 0.25) is 0 Å². The van der Waals surface area contributed by atoms with E-state index in [2.05, 4.69) is 65.9 Å². The Morgan fingerprint density at radius 3 is 2.29 bits per heavy atom. The van der Waals surface area contributed by atoms with Crippen LogP contribution in [0.25, 0.3) is 0 Å². The summed E-state index contributed by atoms with van der Waals surface area (Å²) in [5, 5.41) is 12.7. The standard InChI is InChI=1S/C26H35N5/c1-20(17-30(3)31(4)28-24-15-26(16-24)18-29(2)19-26)25(27)23-12-10-22(11-13-23)14-21-8-6-5-7-9-21/h5-13,17,24,27-28H,14-16,18-19H2,1-4H3/b20-17+,27-25?. The Labute approximate surface area is 186 Å². The summed E-state index contributed by atoms with van der Waals surface area (Å²) in [4.78, 5) is 2.40. The number of nitrogens with one attached hydrogen (secondary N) is 2. The molecule has 1 saturated carbocycles. The normalized spacial score (nSPS) is 18.7. The topological polar surface area (TPSA) is 45.6 Å². The molecule has 164 valence electrons. The summed E-state index contributed by atoms with van der Waals surface area (Å²) in [6, 6.07) is 19.4. The van der Waals surface area contributed by atoms with Crippen LogP contribution >= 0.6 is 0 Å². The van der Waals surface area contributed by atoms with Gasteiger partial charge in [-0.1, -0.05) is 54.6 Å². The van der Waals surface area contributed by atoms with Crippen molar-refractivity contribution in [2.75, 3.05) is 34.2 Å². The van der Waals surface area contributed by atoms with Crippen molar-refractivity contribution in [3.8, 4) is 0 Å². The number of hydrogen-bond donors (Lipinski definition) is 2. The first-order valence-corrected chi connectivity index (χ1v) is 11.2. The first-order valence-electron chi connectivity index (χ1n) is 11.2. The average molecular weight is 418 g/mol. The van der Waals surface area contributed by atoms with E-state index in [1.165, 1.54) is 37.1 Å². The zero-order valence-electron chi connectivity index (χ0n) is 19.2. The molecular weight excluding hydrogens is 382 g/mol. The number of nitrogens with zero attached hydrogens (tertiary/aromatic N) is 3. The van der Waals surface area contributed by atoms with Gasteiger partial charge in [-0.3, -0.25) is 5.41 Å². The lowest BCUT2D eigenvalue weighted by molar-refractivity contribution is -0.102. The van der Waals surface area contributed by atoms with Crippen molar-refractivity contribution in [2.24, 2.45) is 5.41 Å². The summed E-state index contributed by atoms with van der Waals surface area (Å²) in [6.45, 7) is 4.49. The van der Waals surface area contributed by atoms with Gasteiger partial charge < -0.3 is 9.91 Å². The Bertz CT molecular complexity index is 920. The van der Waals surface area contributed by atoms with Crippen molar-refractivity contribution in [2.45, 2.75) is 32.2 Å². The third kappa shape index (κ3) is 5.06. The summed E-state index contributed by atoms with van der Waals surface area (Å²) in [7, 11) is 6.27. The zero-order chi connectivity index (χ0) is 22.0. The Morgan fingerprint density at radius 2 is 1.68 bits per heavy atom. The number of hydrogen-bond acceptors (Lipinski definition) is 5. The maximum atomic E-state index is 8.62. The van der Waals surface area contributed by atoms with Gasteiger partial charge in [0.1, 0.15) is 0 Å². The fraction of sp³-hybridized carbons (Fsp3) is 0.423. The van der Waals surface area contributed by atoms with E-state index in [0.29, 0.717) is 17.2 Å². The highest BCUT2D eigenvalue weighted by molar-refractivity contribution is 6.10. The summed E-state index contributed by atoms with van der Waals surface area (Å²) in [5.41, 5.74) is 9.19. The van der Waals surface area contributed by atoms with Crippen LogP contribution in [0.15, 0.2) is 66.4 Å². The Kier molecular flexibility index (Phi) is 6.28. The van der Waals surface area contributed by atoms with Crippen LogP contribution in [0.3, 0.4) is 0 Å². The third-order valence-corrected chi connectivity index (χ3v) is 6.68. The number of rotatable bonds is 8. The molecule has 31 heavy (non-hydrogen) atoms. The summed E-state index contributed by atoms with van der Waals surface area (Å²) in [5.74, 6) is 0. The lowest BCUT2D eigenvalue weighted by Crippen LogP contribution is -2.66. The Morgan fingerprint density at radius 1 is 1.06 bits per heavy atom. The third-order valence-electron chi connectivity index (χ3n) is 6.68. The molecule has 1 aliphatic carbocycles. The van der Waals surface area contributed by atoms with Crippen LogP contribution < -0.4 is 5.43 Å². The maximum Gasteiger partial charge on any atom is 0.0656 e. The predicted molar refractivity (Wildman–Crippen MR) is 128 cm³/mol. The van der Waals surface area contributed by atoms with Gasteiger partial charge >= 0.3 is 0 Å². The first-order chi connectivity index (χ1) is 14.8. The monoisotopic (exact) mass is 417 g/mol. The molecule has 1 heterocycles. The fourth-order valence-corrected chi connectivity index (χ4v) is 5.07. The van der Waals surface area contributed by atoms with Gasteiger partial charge in [0.05, 0.1) is 5.71 Å². The minimum absolute atomic E-state index is 0.548. The molecule has 2 N–H and O–H groups in total. The highest BCUT2D eigenvalue weighted by atomic mass is 15.8. The van der Waals surface area contributed by atoms with E-state index in [4.69, 9.17) is 5.41 Å². The molecule has 0 radical (unpaired) electrons. The van der Waals surface area contributed by atoms with Gasteiger partial charge in [-0.05, 0) is 60.9 Å². The molecule has 2 aliphatic rings. The quantitative estimate of drug-likeness (QED) is 0.505. The van der Waals surface area contributed by atoms with Gasteiger partial charge in [0.25, 0.3) is 0 Å². The van der Waals surface area contributed by atoms with E-state index in [-0.39, 0.29) is 0 Å². The second-order valence-corrected chi connectivity index (χ2v) is 9.55. The predicted octanol–water partition coefficient (Wildman–Crippen LogP) is 3.93. The van der Waals surface area contributed by atoms with Crippen molar-refractivity contribution < 1.29 is 0 Å². The van der Waals surface area contributed by atoms with Gasteiger partial charge in [-0.15, -0.1) is 0 Å². The van der Waals surface area contributed by atoms with E-state index in [9.17, 15) is 0 Å². The number of likely N-dealkylation sites (tertiary alicyclic amines) is 1. The average Bonchev–Trinajstić information content (AvgIpc) is 2.71. The lowest BCUT2D eigenvalue weighted by Gasteiger charge is -2.59. The van der Waals surface area contributed by atoms with Crippen molar-refractivity contribution in [3.05, 3.63) is 83.1 Å². The summed E-state index contributed by atoms with van der Waals surface area (Å²) >= 11 is 0. The van der Waals surface area contributed by atoms with Crippen molar-refractivity contribution >= 4 is 5.71 Å². The van der Waals surface area contributed by atoms with Gasteiger partial charge in [0.15, 0.2) is 0 Å². The molecule has 0 atom stereocenters. The maximum absolute atomic E-state index is 8.62. The Hall–Kier alpha value is -2.47. The number of benzene rings is 2. The van der Waals surface area contributed by atoms with E-state index in [0.717, 1.165) is 17.6 Å². The molecule has 4 rings (SSSR count). The van der Waals surface area contributed by atoms with Crippen LogP contribution in [0, 0.1) is 10.8 Å². The van der Waals surface area contributed by atoms with E-state index < -0.39 is 0 Å². The van der Waals surface area contributed by atoms with E-state index >= 15 is 0 Å². The van der Waals surface area contributed by atoms with E-state index in [1.807, 2.05) is 43.4 Å². The molecule has 0 aromatic heterocycles. The molecular formula is C26H35N5. The number of hydrazine groups is 2. The number of allylic oxidation sites excluding steroid dienone is 1. The minimum Gasteiger partial charge on any atom is -0.305 e. The van der Waals surface area contributed by atoms with Crippen LogP contribution in [0.5, 0.6) is 0 Å². The van der Waals surface area contributed by atoms with Crippen LogP contribution in [-0.2, 0) is 6.42 Å². The smallest absolute Gasteiger partial charge is 0.0656 e. The van der Waals surface area contributed by atoms with Crippen LogP contribution in [0.4, 0.5) is 0 Å². The fourth-order valence-electron chi connectivity index (χ4n) is 5.07. The zero-order valence-corrected chi connectivity index (χ0v) is 19.2. The van der Waals surface area contributed by atoms with Crippen molar-refractivity contribution in [1.82, 2.24) is 20.5 Å². The Balaban J connectivity index is 1.29. The van der Waals surface area contributed by atoms with Crippen LogP contribution in [0.2, 0.25) is 0 Å². The molecule has 0 unspecified atom stereocenters. The first kappa shape index (κ1) is 21.8. The van der Waals surface area contributed by atoms with Gasteiger partial charge in [-0.25, -0.2) is 5.43 Å². The molecule has 1 aliphatic heterocycles. The van der Waals surface area contributed by atoms with Crippen molar-refractivity contribution in [1.29, 1.82) is 5.41 Å². The van der Waals surface area contributed by atoms with Crippen molar-refractivity contribution in [3.63, 3.8) is 0 Å². The van der Waals surface area contributed by atoms with Gasteiger partial charge in [-0.2, -0.15) is 5.12 Å². The molecule has 0 bridgehead atoms.